The van der Waals surface area contributed by atoms with Gasteiger partial charge in [-0.15, -0.1) is 0 Å². The second kappa shape index (κ2) is 4.91. The summed E-state index contributed by atoms with van der Waals surface area (Å²) in [5.74, 6) is 2.97. The summed E-state index contributed by atoms with van der Waals surface area (Å²) < 4.78 is 13.2. The van der Waals surface area contributed by atoms with E-state index >= 15 is 0 Å². The number of halogens is 1. The molecule has 0 unspecified atom stereocenters. The van der Waals surface area contributed by atoms with E-state index in [9.17, 15) is 14.0 Å². The molecule has 0 amide bonds. The second-order valence-corrected chi connectivity index (χ2v) is 2.67. The van der Waals surface area contributed by atoms with Crippen molar-refractivity contribution in [2.75, 3.05) is 0 Å². The van der Waals surface area contributed by atoms with Crippen molar-refractivity contribution in [1.29, 1.82) is 0 Å². The third-order valence-corrected chi connectivity index (χ3v) is 1.62. The highest BCUT2D eigenvalue weighted by Crippen LogP contribution is 2.09. The Morgan fingerprint density at radius 2 is 2.27 bits per heavy atom. The lowest BCUT2D eigenvalue weighted by atomic mass is 10.1. The van der Waals surface area contributed by atoms with Crippen molar-refractivity contribution in [1.82, 2.24) is 0 Å². The fourth-order valence-electron chi connectivity index (χ4n) is 0.937. The standard InChI is InChI=1S/C11H7FO3/c12-10-7-9(11(14)15)5-4-8(10)3-1-2-6-13/h4-7H,2H2,(H,14,15). The predicted molar refractivity (Wildman–Crippen MR) is 50.9 cm³/mol. The van der Waals surface area contributed by atoms with Crippen LogP contribution in [0.4, 0.5) is 4.39 Å². The first-order valence-electron chi connectivity index (χ1n) is 4.10. The van der Waals surface area contributed by atoms with Gasteiger partial charge in [-0.25, -0.2) is 9.18 Å². The van der Waals surface area contributed by atoms with Gasteiger partial charge in [0.15, 0.2) is 0 Å². The summed E-state index contributed by atoms with van der Waals surface area (Å²) in [7, 11) is 0. The Kier molecular flexibility index (Phi) is 3.58. The molecule has 3 nitrogen and oxygen atoms in total. The van der Waals surface area contributed by atoms with Gasteiger partial charge in [0, 0.05) is 0 Å². The average Bonchev–Trinajstić information content (AvgIpc) is 2.20. The third kappa shape index (κ3) is 2.92. The number of carboxylic acid groups (broad SMARTS) is 1. The molecule has 0 aromatic heterocycles. The molecule has 0 saturated heterocycles. The van der Waals surface area contributed by atoms with Crippen molar-refractivity contribution in [2.45, 2.75) is 6.42 Å². The van der Waals surface area contributed by atoms with Crippen molar-refractivity contribution in [3.8, 4) is 11.8 Å². The lowest BCUT2D eigenvalue weighted by Crippen LogP contribution is -1.97. The zero-order chi connectivity index (χ0) is 11.3. The van der Waals surface area contributed by atoms with E-state index in [1.807, 2.05) is 0 Å². The van der Waals surface area contributed by atoms with E-state index in [-0.39, 0.29) is 17.5 Å². The molecule has 0 aliphatic carbocycles. The monoisotopic (exact) mass is 206 g/mol. The van der Waals surface area contributed by atoms with Gasteiger partial charge >= 0.3 is 5.97 Å². The quantitative estimate of drug-likeness (QED) is 0.588. The van der Waals surface area contributed by atoms with Crippen LogP contribution in [0.25, 0.3) is 0 Å². The van der Waals surface area contributed by atoms with Gasteiger partial charge in [0.1, 0.15) is 12.1 Å². The Bertz CT molecular complexity index is 455. The zero-order valence-corrected chi connectivity index (χ0v) is 7.66. The van der Waals surface area contributed by atoms with Gasteiger partial charge in [0.2, 0.25) is 0 Å². The number of rotatable bonds is 2. The average molecular weight is 206 g/mol. The zero-order valence-electron chi connectivity index (χ0n) is 7.66. The van der Waals surface area contributed by atoms with Crippen molar-refractivity contribution in [3.05, 3.63) is 35.1 Å². The molecule has 0 heterocycles. The summed E-state index contributed by atoms with van der Waals surface area (Å²) in [6, 6.07) is 3.43. The van der Waals surface area contributed by atoms with Gasteiger partial charge in [-0.2, -0.15) is 0 Å². The fourth-order valence-corrected chi connectivity index (χ4v) is 0.937. The highest BCUT2D eigenvalue weighted by atomic mass is 19.1. The Hall–Kier alpha value is -2.15. The van der Waals surface area contributed by atoms with E-state index in [1.54, 1.807) is 0 Å². The van der Waals surface area contributed by atoms with Crippen LogP contribution in [0.5, 0.6) is 0 Å². The van der Waals surface area contributed by atoms with Gasteiger partial charge in [-0.05, 0) is 18.2 Å². The van der Waals surface area contributed by atoms with E-state index in [1.165, 1.54) is 12.1 Å². The minimum atomic E-state index is -1.19. The SMILES string of the molecule is O=CCC#Cc1ccc(C(=O)O)cc1F. The predicted octanol–water partition coefficient (Wildman–Crippen LogP) is 1.46. The maximum absolute atomic E-state index is 13.2. The minimum Gasteiger partial charge on any atom is -0.478 e. The highest BCUT2D eigenvalue weighted by Gasteiger charge is 2.06. The number of hydrogen-bond acceptors (Lipinski definition) is 2. The van der Waals surface area contributed by atoms with Crippen LogP contribution in [0.2, 0.25) is 0 Å². The maximum atomic E-state index is 13.2. The molecule has 4 heteroatoms. The molecule has 1 N–H and O–H groups in total. The van der Waals surface area contributed by atoms with Crippen LogP contribution in [-0.2, 0) is 4.79 Å². The smallest absolute Gasteiger partial charge is 0.335 e. The first kappa shape index (κ1) is 10.9. The van der Waals surface area contributed by atoms with Crippen molar-refractivity contribution in [3.63, 3.8) is 0 Å². The molecule has 76 valence electrons. The lowest BCUT2D eigenvalue weighted by molar-refractivity contribution is -0.107. The maximum Gasteiger partial charge on any atom is 0.335 e. The first-order chi connectivity index (χ1) is 7.15. The van der Waals surface area contributed by atoms with Gasteiger partial charge in [-0.3, -0.25) is 0 Å². The van der Waals surface area contributed by atoms with E-state index < -0.39 is 11.8 Å². The number of aromatic carboxylic acids is 1. The third-order valence-electron chi connectivity index (χ3n) is 1.62. The van der Waals surface area contributed by atoms with Crippen LogP contribution >= 0.6 is 0 Å². The number of hydrogen-bond donors (Lipinski definition) is 1. The van der Waals surface area contributed by atoms with E-state index in [0.29, 0.717) is 6.29 Å². The fraction of sp³-hybridized carbons (Fsp3) is 0.0909. The van der Waals surface area contributed by atoms with E-state index in [4.69, 9.17) is 5.11 Å². The van der Waals surface area contributed by atoms with Crippen LogP contribution in [0.3, 0.4) is 0 Å². The number of carbonyl (C=O) groups is 2. The molecule has 0 atom stereocenters. The van der Waals surface area contributed by atoms with Crippen LogP contribution in [0, 0.1) is 17.7 Å². The Balaban J connectivity index is 2.99. The lowest BCUT2D eigenvalue weighted by Gasteiger charge is -1.96. The normalized spacial score (nSPS) is 8.87. The number of carbonyl (C=O) groups excluding carboxylic acids is 1. The van der Waals surface area contributed by atoms with Crippen LogP contribution in [-0.4, -0.2) is 17.4 Å². The molecule has 0 radical (unpaired) electrons. The Morgan fingerprint density at radius 1 is 1.53 bits per heavy atom. The number of aldehydes is 1. The Morgan fingerprint density at radius 3 is 2.80 bits per heavy atom. The van der Waals surface area contributed by atoms with Gasteiger partial charge in [0.05, 0.1) is 17.5 Å². The summed E-state index contributed by atoms with van der Waals surface area (Å²) in [6.07, 6.45) is 0.636. The van der Waals surface area contributed by atoms with Gasteiger partial charge < -0.3 is 9.90 Å². The van der Waals surface area contributed by atoms with Gasteiger partial charge in [-0.1, -0.05) is 11.8 Å². The number of benzene rings is 1. The second-order valence-electron chi connectivity index (χ2n) is 2.67. The summed E-state index contributed by atoms with van der Waals surface area (Å²) >= 11 is 0. The molecule has 0 bridgehead atoms. The Labute approximate surface area is 85.5 Å². The van der Waals surface area contributed by atoms with Crippen molar-refractivity contribution >= 4 is 12.3 Å². The van der Waals surface area contributed by atoms with Crippen molar-refractivity contribution < 1.29 is 19.1 Å². The van der Waals surface area contributed by atoms with E-state index in [0.717, 1.165) is 6.07 Å². The number of carboxylic acids is 1. The summed E-state index contributed by atoms with van der Waals surface area (Å²) in [5, 5.41) is 8.57. The molecule has 0 saturated carbocycles. The molecular formula is C11H7FO3. The molecule has 0 aliphatic heterocycles. The topological polar surface area (TPSA) is 54.4 Å². The molecular weight excluding hydrogens is 199 g/mol. The van der Waals surface area contributed by atoms with Crippen LogP contribution in [0.1, 0.15) is 22.3 Å². The van der Waals surface area contributed by atoms with Gasteiger partial charge in [0.25, 0.3) is 0 Å². The summed E-state index contributed by atoms with van der Waals surface area (Å²) in [5.41, 5.74) is -0.0460. The summed E-state index contributed by atoms with van der Waals surface area (Å²) in [6.45, 7) is 0. The summed E-state index contributed by atoms with van der Waals surface area (Å²) in [4.78, 5) is 20.4. The van der Waals surface area contributed by atoms with E-state index in [2.05, 4.69) is 11.8 Å². The molecule has 0 spiro atoms. The largest absolute Gasteiger partial charge is 0.478 e. The molecule has 0 aliphatic rings. The molecule has 0 fully saturated rings. The molecule has 1 aromatic rings. The van der Waals surface area contributed by atoms with Crippen LogP contribution in [0.15, 0.2) is 18.2 Å². The molecule has 1 aromatic carbocycles. The van der Waals surface area contributed by atoms with Crippen molar-refractivity contribution in [2.24, 2.45) is 0 Å². The van der Waals surface area contributed by atoms with Crippen LogP contribution < -0.4 is 0 Å². The highest BCUT2D eigenvalue weighted by molar-refractivity contribution is 5.87. The molecule has 1 rings (SSSR count). The first-order valence-corrected chi connectivity index (χ1v) is 4.10. The minimum absolute atomic E-state index is 0.0279. The molecule has 15 heavy (non-hydrogen) atoms.